The van der Waals surface area contributed by atoms with Crippen LogP contribution in [0.15, 0.2) is 24.3 Å². The molecule has 0 spiro atoms. The molecule has 1 saturated heterocycles. The van der Waals surface area contributed by atoms with E-state index in [0.717, 1.165) is 44.0 Å². The molecule has 2 atom stereocenters. The Balaban J connectivity index is 1.67. The third-order valence-electron chi connectivity index (χ3n) is 3.75. The van der Waals surface area contributed by atoms with E-state index in [1.54, 1.807) is 0 Å². The quantitative estimate of drug-likeness (QED) is 0.809. The zero-order valence-electron chi connectivity index (χ0n) is 12.5. The van der Waals surface area contributed by atoms with Crippen molar-refractivity contribution in [2.75, 3.05) is 26.3 Å². The van der Waals surface area contributed by atoms with E-state index in [0.29, 0.717) is 18.7 Å². The molecule has 20 heavy (non-hydrogen) atoms. The van der Waals surface area contributed by atoms with Crippen molar-refractivity contribution in [1.29, 1.82) is 0 Å². The maximum Gasteiger partial charge on any atom is 0.119 e. The SMILES string of the molecule is CC1CN(CCCOc2ccc(CN)cc2)C(C)CO1. The van der Waals surface area contributed by atoms with Crippen molar-refractivity contribution in [1.82, 2.24) is 4.90 Å². The van der Waals surface area contributed by atoms with Gasteiger partial charge in [0.05, 0.1) is 19.3 Å². The number of morpholine rings is 1. The van der Waals surface area contributed by atoms with E-state index in [4.69, 9.17) is 15.2 Å². The molecule has 1 aliphatic heterocycles. The topological polar surface area (TPSA) is 47.7 Å². The largest absolute Gasteiger partial charge is 0.494 e. The smallest absolute Gasteiger partial charge is 0.119 e. The van der Waals surface area contributed by atoms with Gasteiger partial charge in [0.2, 0.25) is 0 Å². The molecule has 2 N–H and O–H groups in total. The fourth-order valence-corrected chi connectivity index (χ4v) is 2.46. The Kier molecular flexibility index (Phi) is 5.83. The van der Waals surface area contributed by atoms with Gasteiger partial charge in [-0.25, -0.2) is 0 Å². The highest BCUT2D eigenvalue weighted by molar-refractivity contribution is 5.26. The Hall–Kier alpha value is -1.10. The van der Waals surface area contributed by atoms with Gasteiger partial charge in [-0.3, -0.25) is 4.90 Å². The molecule has 0 aliphatic carbocycles. The minimum atomic E-state index is 0.343. The lowest BCUT2D eigenvalue weighted by Gasteiger charge is -2.36. The Morgan fingerprint density at radius 3 is 2.75 bits per heavy atom. The molecule has 112 valence electrons. The van der Waals surface area contributed by atoms with Gasteiger partial charge in [-0.15, -0.1) is 0 Å². The van der Waals surface area contributed by atoms with Crippen LogP contribution in [0.25, 0.3) is 0 Å². The van der Waals surface area contributed by atoms with E-state index in [1.807, 2.05) is 24.3 Å². The van der Waals surface area contributed by atoms with Crippen LogP contribution in [0.1, 0.15) is 25.8 Å². The molecule has 1 aliphatic rings. The fourth-order valence-electron chi connectivity index (χ4n) is 2.46. The number of nitrogens with two attached hydrogens (primary N) is 1. The Morgan fingerprint density at radius 1 is 1.30 bits per heavy atom. The maximum atomic E-state index is 5.76. The normalized spacial score (nSPS) is 23.8. The van der Waals surface area contributed by atoms with Crippen molar-refractivity contribution in [2.24, 2.45) is 5.73 Å². The van der Waals surface area contributed by atoms with Gasteiger partial charge in [-0.1, -0.05) is 12.1 Å². The van der Waals surface area contributed by atoms with Crippen molar-refractivity contribution in [3.05, 3.63) is 29.8 Å². The number of nitrogens with zero attached hydrogens (tertiary/aromatic N) is 1. The third kappa shape index (κ3) is 4.47. The summed E-state index contributed by atoms with van der Waals surface area (Å²) in [4.78, 5) is 2.48. The van der Waals surface area contributed by atoms with Gasteiger partial charge in [0, 0.05) is 25.7 Å². The molecule has 4 heteroatoms. The van der Waals surface area contributed by atoms with Crippen LogP contribution in [0, 0.1) is 0 Å². The van der Waals surface area contributed by atoms with Crippen LogP contribution >= 0.6 is 0 Å². The summed E-state index contributed by atoms with van der Waals surface area (Å²) >= 11 is 0. The van der Waals surface area contributed by atoms with Crippen LogP contribution in [0.4, 0.5) is 0 Å². The summed E-state index contributed by atoms with van der Waals surface area (Å²) in [6, 6.07) is 8.51. The molecular weight excluding hydrogens is 252 g/mol. The lowest BCUT2D eigenvalue weighted by atomic mass is 10.2. The average Bonchev–Trinajstić information content (AvgIpc) is 2.47. The number of hydrogen-bond acceptors (Lipinski definition) is 4. The molecule has 0 saturated carbocycles. The molecule has 2 unspecified atom stereocenters. The van der Waals surface area contributed by atoms with Gasteiger partial charge in [0.1, 0.15) is 5.75 Å². The van der Waals surface area contributed by atoms with Crippen LogP contribution < -0.4 is 10.5 Å². The van der Waals surface area contributed by atoms with E-state index in [2.05, 4.69) is 18.7 Å². The van der Waals surface area contributed by atoms with Crippen LogP contribution in [-0.2, 0) is 11.3 Å². The molecular formula is C16H26N2O2. The highest BCUT2D eigenvalue weighted by atomic mass is 16.5. The molecule has 0 radical (unpaired) electrons. The van der Waals surface area contributed by atoms with Gasteiger partial charge in [-0.2, -0.15) is 0 Å². The van der Waals surface area contributed by atoms with Gasteiger partial charge in [0.15, 0.2) is 0 Å². The molecule has 2 rings (SSSR count). The number of ether oxygens (including phenoxy) is 2. The first-order chi connectivity index (χ1) is 9.69. The summed E-state index contributed by atoms with van der Waals surface area (Å²) in [7, 11) is 0. The van der Waals surface area contributed by atoms with E-state index >= 15 is 0 Å². The van der Waals surface area contributed by atoms with Crippen molar-refractivity contribution in [3.63, 3.8) is 0 Å². The fraction of sp³-hybridized carbons (Fsp3) is 0.625. The monoisotopic (exact) mass is 278 g/mol. The van der Waals surface area contributed by atoms with Gasteiger partial charge in [0.25, 0.3) is 0 Å². The second-order valence-corrected chi connectivity index (χ2v) is 5.54. The summed E-state index contributed by atoms with van der Waals surface area (Å²) in [5.74, 6) is 0.922. The van der Waals surface area contributed by atoms with Crippen LogP contribution in [0.5, 0.6) is 5.75 Å². The summed E-state index contributed by atoms with van der Waals surface area (Å²) in [5.41, 5.74) is 6.70. The zero-order valence-corrected chi connectivity index (χ0v) is 12.5. The molecule has 0 amide bonds. The second-order valence-electron chi connectivity index (χ2n) is 5.54. The van der Waals surface area contributed by atoms with Crippen molar-refractivity contribution < 1.29 is 9.47 Å². The standard InChI is InChI=1S/C16H26N2O2/c1-13-12-20-14(2)11-18(13)8-3-9-19-16-6-4-15(10-17)5-7-16/h4-7,13-14H,3,8-12,17H2,1-2H3. The summed E-state index contributed by atoms with van der Waals surface area (Å²) in [6.45, 7) is 8.60. The van der Waals surface area contributed by atoms with Crippen LogP contribution in [-0.4, -0.2) is 43.3 Å². The van der Waals surface area contributed by atoms with E-state index in [9.17, 15) is 0 Å². The summed E-state index contributed by atoms with van der Waals surface area (Å²) < 4.78 is 11.4. The summed E-state index contributed by atoms with van der Waals surface area (Å²) in [5, 5.41) is 0. The van der Waals surface area contributed by atoms with Crippen molar-refractivity contribution >= 4 is 0 Å². The first-order valence-electron chi connectivity index (χ1n) is 7.46. The number of benzene rings is 1. The van der Waals surface area contributed by atoms with Gasteiger partial charge < -0.3 is 15.2 Å². The molecule has 1 aromatic rings. The van der Waals surface area contributed by atoms with Gasteiger partial charge in [-0.05, 0) is 38.0 Å². The van der Waals surface area contributed by atoms with E-state index < -0.39 is 0 Å². The molecule has 1 heterocycles. The van der Waals surface area contributed by atoms with Crippen LogP contribution in [0.2, 0.25) is 0 Å². The highest BCUT2D eigenvalue weighted by Crippen LogP contribution is 2.14. The zero-order chi connectivity index (χ0) is 14.4. The van der Waals surface area contributed by atoms with Gasteiger partial charge >= 0.3 is 0 Å². The maximum absolute atomic E-state index is 5.76. The Morgan fingerprint density at radius 2 is 2.05 bits per heavy atom. The predicted molar refractivity (Wildman–Crippen MR) is 80.9 cm³/mol. The minimum absolute atomic E-state index is 0.343. The predicted octanol–water partition coefficient (Wildman–Crippen LogP) is 2.02. The average molecular weight is 278 g/mol. The molecule has 1 aromatic carbocycles. The number of hydrogen-bond donors (Lipinski definition) is 1. The molecule has 0 aromatic heterocycles. The molecule has 0 bridgehead atoms. The van der Waals surface area contributed by atoms with E-state index in [1.165, 1.54) is 0 Å². The summed E-state index contributed by atoms with van der Waals surface area (Å²) in [6.07, 6.45) is 1.38. The Labute approximate surface area is 121 Å². The van der Waals surface area contributed by atoms with E-state index in [-0.39, 0.29) is 0 Å². The molecule has 4 nitrogen and oxygen atoms in total. The second kappa shape index (κ2) is 7.62. The minimum Gasteiger partial charge on any atom is -0.494 e. The first kappa shape index (κ1) is 15.3. The van der Waals surface area contributed by atoms with Crippen molar-refractivity contribution in [3.8, 4) is 5.75 Å². The Bertz CT molecular complexity index is 394. The number of rotatable bonds is 6. The third-order valence-corrected chi connectivity index (χ3v) is 3.75. The first-order valence-corrected chi connectivity index (χ1v) is 7.46. The lowest BCUT2D eigenvalue weighted by Crippen LogP contribution is -2.47. The van der Waals surface area contributed by atoms with Crippen LogP contribution in [0.3, 0.4) is 0 Å². The highest BCUT2D eigenvalue weighted by Gasteiger charge is 2.22. The van der Waals surface area contributed by atoms with Crippen molar-refractivity contribution in [2.45, 2.75) is 39.0 Å². The molecule has 1 fully saturated rings. The lowest BCUT2D eigenvalue weighted by molar-refractivity contribution is -0.0502.